The van der Waals surface area contributed by atoms with Gasteiger partial charge in [-0.05, 0) is 116 Å². The number of rotatable bonds is 5. The summed E-state index contributed by atoms with van der Waals surface area (Å²) in [5.74, 6) is 0.895. The molecule has 1 aromatic rings. The van der Waals surface area contributed by atoms with Crippen molar-refractivity contribution in [2.45, 2.75) is 111 Å². The van der Waals surface area contributed by atoms with Crippen molar-refractivity contribution in [3.8, 4) is 5.75 Å². The van der Waals surface area contributed by atoms with Gasteiger partial charge in [-0.2, -0.15) is 0 Å². The first kappa shape index (κ1) is 27.8. The lowest BCUT2D eigenvalue weighted by atomic mass is 9.43. The van der Waals surface area contributed by atoms with E-state index in [1.165, 1.54) is 43.7 Å². The van der Waals surface area contributed by atoms with E-state index < -0.39 is 25.9 Å². The molecule has 36 heavy (non-hydrogen) atoms. The minimum atomic E-state index is -5.27. The third kappa shape index (κ3) is 4.29. The normalized spacial score (nSPS) is 32.8. The van der Waals surface area contributed by atoms with Crippen molar-refractivity contribution in [2.24, 2.45) is 28.4 Å². The Labute approximate surface area is 215 Å². The van der Waals surface area contributed by atoms with Crippen molar-refractivity contribution in [3.63, 3.8) is 0 Å². The first-order chi connectivity index (χ1) is 16.4. The predicted octanol–water partition coefficient (Wildman–Crippen LogP) is 4.13. The molecule has 0 radical (unpaired) electrons. The topological polar surface area (TPSA) is 125 Å². The van der Waals surface area contributed by atoms with E-state index in [4.69, 9.17) is 10.5 Å². The van der Waals surface area contributed by atoms with Crippen LogP contribution in [0.5, 0.6) is 5.75 Å². The average Bonchev–Trinajstić information content (AvgIpc) is 3.07. The first-order valence-electron chi connectivity index (χ1n) is 13.2. The Hall–Kier alpha value is -1.24. The van der Waals surface area contributed by atoms with Crippen LogP contribution in [-0.2, 0) is 25.7 Å². The van der Waals surface area contributed by atoms with Crippen molar-refractivity contribution in [2.75, 3.05) is 0 Å². The summed E-state index contributed by atoms with van der Waals surface area (Å²) < 4.78 is 21.2. The van der Waals surface area contributed by atoms with Crippen LogP contribution in [0, 0.1) is 43.4 Å². The Morgan fingerprint density at radius 2 is 1.67 bits per heavy atom. The van der Waals surface area contributed by atoms with E-state index >= 15 is 0 Å². The number of phosphoric ester groups is 1. The maximum atomic E-state index is 12.9. The monoisotopic (exact) mass is 519 g/mol. The summed E-state index contributed by atoms with van der Waals surface area (Å²) in [5, 5.41) is 0. The molecule has 0 aliphatic heterocycles. The third-order valence-electron chi connectivity index (χ3n) is 10.4. The number of fused-ring (bicyclic) bond motifs is 5. The SMILES string of the molecule is Cc1c(C)c2c(c(C)c1OC(=O)C(N)C(C)OP(=O)([O-])[O-])C[C@H]1C2(C)CCC2C(C)(C)CCC[C@@]21C. The molecule has 3 aliphatic carbocycles. The highest BCUT2D eigenvalue weighted by Crippen LogP contribution is 2.68. The van der Waals surface area contributed by atoms with E-state index in [2.05, 4.69) is 39.1 Å². The zero-order valence-corrected chi connectivity index (χ0v) is 23.9. The standard InChI is InChI=1S/C28H44NO6P/c1-15-16(2)24(34-25(30)23(29)18(4)35-36(31,32)33)17(3)19-14-21-27(7)12-9-11-26(5,6)20(27)10-13-28(21,8)22(15)19/h18,20-21,23H,9-14,29H2,1-8H3,(H2,31,32,33)/p-2/t18?,20?,21-,23?,27+,28?/m1/s1. The molecule has 6 atom stereocenters. The van der Waals surface area contributed by atoms with Crippen LogP contribution in [-0.4, -0.2) is 18.1 Å². The molecule has 0 spiro atoms. The molecule has 0 bridgehead atoms. The van der Waals surface area contributed by atoms with Crippen LogP contribution >= 0.6 is 7.82 Å². The van der Waals surface area contributed by atoms with Gasteiger partial charge in [0.05, 0.1) is 13.9 Å². The van der Waals surface area contributed by atoms with Crippen molar-refractivity contribution in [1.29, 1.82) is 0 Å². The van der Waals surface area contributed by atoms with E-state index in [-0.39, 0.29) is 10.8 Å². The van der Waals surface area contributed by atoms with Gasteiger partial charge in [-0.25, -0.2) is 4.79 Å². The number of esters is 1. The van der Waals surface area contributed by atoms with Crippen molar-refractivity contribution in [1.82, 2.24) is 0 Å². The summed E-state index contributed by atoms with van der Waals surface area (Å²) >= 11 is 0. The van der Waals surface area contributed by atoms with Crippen LogP contribution in [0.3, 0.4) is 0 Å². The van der Waals surface area contributed by atoms with Crippen LogP contribution in [0.25, 0.3) is 0 Å². The maximum absolute atomic E-state index is 12.9. The zero-order valence-electron chi connectivity index (χ0n) is 23.0. The molecule has 202 valence electrons. The first-order valence-corrected chi connectivity index (χ1v) is 14.7. The number of phosphoric acid groups is 1. The highest BCUT2D eigenvalue weighted by molar-refractivity contribution is 7.43. The maximum Gasteiger partial charge on any atom is 0.331 e. The van der Waals surface area contributed by atoms with Crippen LogP contribution in [0.15, 0.2) is 0 Å². The molecule has 1 aromatic carbocycles. The molecule has 4 unspecified atom stereocenters. The van der Waals surface area contributed by atoms with Gasteiger partial charge in [-0.3, -0.25) is 0 Å². The van der Waals surface area contributed by atoms with E-state index in [1.807, 2.05) is 13.8 Å². The number of ether oxygens (including phenoxy) is 1. The van der Waals surface area contributed by atoms with E-state index in [9.17, 15) is 19.1 Å². The zero-order chi connectivity index (χ0) is 27.0. The predicted molar refractivity (Wildman–Crippen MR) is 135 cm³/mol. The van der Waals surface area contributed by atoms with Gasteiger partial charge in [-0.15, -0.1) is 0 Å². The van der Waals surface area contributed by atoms with E-state index in [0.29, 0.717) is 23.0 Å². The molecular formula is C28H42NO6P-2. The second kappa shape index (κ2) is 8.91. The largest absolute Gasteiger partial charge is 0.790 e. The molecule has 0 aromatic heterocycles. The van der Waals surface area contributed by atoms with Gasteiger partial charge in [0.25, 0.3) is 0 Å². The second-order valence-electron chi connectivity index (χ2n) is 12.9. The van der Waals surface area contributed by atoms with Crippen LogP contribution in [0.4, 0.5) is 0 Å². The highest BCUT2D eigenvalue weighted by atomic mass is 31.2. The number of benzene rings is 1. The molecule has 7 nitrogen and oxygen atoms in total. The Morgan fingerprint density at radius 1 is 1.03 bits per heavy atom. The summed E-state index contributed by atoms with van der Waals surface area (Å²) in [4.78, 5) is 34.8. The summed E-state index contributed by atoms with van der Waals surface area (Å²) in [6, 6.07) is -1.40. The number of nitrogens with two attached hydrogens (primary N) is 1. The lowest BCUT2D eigenvalue weighted by Gasteiger charge is -2.61. The van der Waals surface area contributed by atoms with Crippen LogP contribution < -0.4 is 20.3 Å². The van der Waals surface area contributed by atoms with Gasteiger partial charge < -0.3 is 29.3 Å². The minimum absolute atomic E-state index is 0.0817. The van der Waals surface area contributed by atoms with Gasteiger partial charge in [-0.1, -0.05) is 34.1 Å². The van der Waals surface area contributed by atoms with E-state index in [0.717, 1.165) is 29.5 Å². The van der Waals surface area contributed by atoms with Gasteiger partial charge >= 0.3 is 5.97 Å². The summed E-state index contributed by atoms with van der Waals surface area (Å²) in [6.07, 6.45) is 5.86. The number of carbonyl (C=O) groups excluding carboxylic acids is 1. The fraction of sp³-hybridized carbons (Fsp3) is 0.750. The number of hydrogen-bond donors (Lipinski definition) is 1. The molecule has 4 rings (SSSR count). The lowest BCUT2D eigenvalue weighted by Crippen LogP contribution is -2.55. The van der Waals surface area contributed by atoms with Gasteiger partial charge in [0, 0.05) is 0 Å². The fourth-order valence-electron chi connectivity index (χ4n) is 8.61. The summed E-state index contributed by atoms with van der Waals surface area (Å²) in [5.41, 5.74) is 12.3. The lowest BCUT2D eigenvalue weighted by molar-refractivity contribution is -0.344. The Balaban J connectivity index is 1.70. The summed E-state index contributed by atoms with van der Waals surface area (Å²) in [6.45, 7) is 17.2. The number of hydrogen-bond acceptors (Lipinski definition) is 7. The molecule has 3 aliphatic rings. The fourth-order valence-corrected chi connectivity index (χ4v) is 9.15. The average molecular weight is 520 g/mol. The molecular weight excluding hydrogens is 477 g/mol. The molecule has 2 saturated carbocycles. The van der Waals surface area contributed by atoms with Gasteiger partial charge in [0.2, 0.25) is 0 Å². The minimum Gasteiger partial charge on any atom is -0.790 e. The van der Waals surface area contributed by atoms with Gasteiger partial charge in [0.1, 0.15) is 11.8 Å². The molecule has 8 heteroatoms. The third-order valence-corrected chi connectivity index (χ3v) is 11.0. The molecule has 2 fully saturated rings. The Bertz CT molecular complexity index is 1130. The van der Waals surface area contributed by atoms with Gasteiger partial charge in [0.15, 0.2) is 0 Å². The smallest absolute Gasteiger partial charge is 0.331 e. The molecule has 0 heterocycles. The van der Waals surface area contributed by atoms with Crippen molar-refractivity contribution in [3.05, 3.63) is 27.8 Å². The number of carbonyl (C=O) groups is 1. The second-order valence-corrected chi connectivity index (χ2v) is 14.0. The van der Waals surface area contributed by atoms with Crippen LogP contribution in [0.2, 0.25) is 0 Å². The quantitative estimate of drug-likeness (QED) is 0.352. The molecule has 0 saturated heterocycles. The van der Waals surface area contributed by atoms with Crippen LogP contribution in [0.1, 0.15) is 94.5 Å². The Kier molecular flexibility index (Phi) is 6.88. The molecule has 0 amide bonds. The summed E-state index contributed by atoms with van der Waals surface area (Å²) in [7, 11) is -5.27. The van der Waals surface area contributed by atoms with E-state index in [1.54, 1.807) is 0 Å². The Morgan fingerprint density at radius 3 is 2.28 bits per heavy atom. The molecule has 2 N–H and O–H groups in total. The van der Waals surface area contributed by atoms with Crippen molar-refractivity contribution < 1.29 is 28.4 Å². The van der Waals surface area contributed by atoms with Crippen molar-refractivity contribution >= 4 is 13.8 Å². The highest BCUT2D eigenvalue weighted by Gasteiger charge is 2.61.